The van der Waals surface area contributed by atoms with Crippen molar-refractivity contribution in [1.82, 2.24) is 10.6 Å². The van der Waals surface area contributed by atoms with E-state index in [1.165, 1.54) is 5.56 Å². The Morgan fingerprint density at radius 3 is 2.24 bits per heavy atom. The average molecular weight is 280 g/mol. The number of benzene rings is 2. The second-order valence-corrected chi connectivity index (χ2v) is 5.49. The minimum Gasteiger partial charge on any atom is -0.352 e. The lowest BCUT2D eigenvalue weighted by molar-refractivity contribution is -0.123. The molecule has 1 aliphatic rings. The van der Waals surface area contributed by atoms with Gasteiger partial charge in [0.05, 0.1) is 0 Å². The molecule has 1 saturated carbocycles. The van der Waals surface area contributed by atoms with Gasteiger partial charge in [-0.1, -0.05) is 60.7 Å². The highest BCUT2D eigenvalue weighted by Gasteiger charge is 2.28. The Labute approximate surface area is 125 Å². The summed E-state index contributed by atoms with van der Waals surface area (Å²) >= 11 is 0. The maximum Gasteiger partial charge on any atom is 0.241 e. The third-order valence-corrected chi connectivity index (χ3v) is 3.67. The summed E-state index contributed by atoms with van der Waals surface area (Å²) in [5, 5.41) is 6.46. The summed E-state index contributed by atoms with van der Waals surface area (Å²) < 4.78 is 0. The fourth-order valence-electron chi connectivity index (χ4n) is 2.34. The number of nitrogens with one attached hydrogen (secondary N) is 2. The number of carbonyl (C=O) groups excluding carboxylic acids is 1. The standard InChI is InChI=1S/C18H20N2O/c21-18(20-16-11-12-16)17(15-9-5-2-6-10-15)19-13-14-7-3-1-4-8-14/h1-10,16-17,19H,11-13H2,(H,20,21)/t17-/m0/s1. The van der Waals surface area contributed by atoms with Crippen LogP contribution in [0.5, 0.6) is 0 Å². The van der Waals surface area contributed by atoms with Crippen molar-refractivity contribution in [3.8, 4) is 0 Å². The second-order valence-electron chi connectivity index (χ2n) is 5.49. The molecule has 0 saturated heterocycles. The molecular formula is C18H20N2O. The minimum absolute atomic E-state index is 0.0691. The fraction of sp³-hybridized carbons (Fsp3) is 0.278. The molecule has 0 aromatic heterocycles. The highest BCUT2D eigenvalue weighted by atomic mass is 16.2. The highest BCUT2D eigenvalue weighted by molar-refractivity contribution is 5.83. The van der Waals surface area contributed by atoms with Crippen molar-refractivity contribution in [2.24, 2.45) is 0 Å². The predicted octanol–water partition coefficient (Wildman–Crippen LogP) is 2.80. The molecule has 0 aliphatic heterocycles. The first-order valence-corrected chi connectivity index (χ1v) is 7.45. The summed E-state index contributed by atoms with van der Waals surface area (Å²) in [5.41, 5.74) is 2.18. The van der Waals surface area contributed by atoms with E-state index in [4.69, 9.17) is 0 Å². The van der Waals surface area contributed by atoms with Crippen LogP contribution < -0.4 is 10.6 Å². The monoisotopic (exact) mass is 280 g/mol. The summed E-state index contributed by atoms with van der Waals surface area (Å²) in [6, 6.07) is 20.1. The Hall–Kier alpha value is -2.13. The maximum absolute atomic E-state index is 12.4. The Kier molecular flexibility index (Phi) is 4.31. The van der Waals surface area contributed by atoms with Gasteiger partial charge >= 0.3 is 0 Å². The zero-order chi connectivity index (χ0) is 14.5. The van der Waals surface area contributed by atoms with Crippen molar-refractivity contribution in [2.75, 3.05) is 0 Å². The quantitative estimate of drug-likeness (QED) is 0.854. The van der Waals surface area contributed by atoms with Crippen LogP contribution in [0.25, 0.3) is 0 Å². The first-order valence-electron chi connectivity index (χ1n) is 7.45. The highest BCUT2D eigenvalue weighted by Crippen LogP contribution is 2.21. The van der Waals surface area contributed by atoms with Crippen LogP contribution in [0.3, 0.4) is 0 Å². The van der Waals surface area contributed by atoms with E-state index in [1.54, 1.807) is 0 Å². The Morgan fingerprint density at radius 1 is 1.00 bits per heavy atom. The summed E-state index contributed by atoms with van der Waals surface area (Å²) in [4.78, 5) is 12.4. The van der Waals surface area contributed by atoms with Crippen molar-refractivity contribution >= 4 is 5.91 Å². The number of hydrogen-bond donors (Lipinski definition) is 2. The van der Waals surface area contributed by atoms with E-state index in [0.717, 1.165) is 18.4 Å². The van der Waals surface area contributed by atoms with Gasteiger partial charge in [-0.3, -0.25) is 10.1 Å². The van der Waals surface area contributed by atoms with E-state index in [2.05, 4.69) is 22.8 Å². The van der Waals surface area contributed by atoms with Crippen LogP contribution in [-0.4, -0.2) is 11.9 Å². The van der Waals surface area contributed by atoms with Crippen LogP contribution in [-0.2, 0) is 11.3 Å². The summed E-state index contributed by atoms with van der Waals surface area (Å²) in [6.07, 6.45) is 2.21. The molecule has 2 N–H and O–H groups in total. The SMILES string of the molecule is O=C(NC1CC1)[C@@H](NCc1ccccc1)c1ccccc1. The molecule has 21 heavy (non-hydrogen) atoms. The van der Waals surface area contributed by atoms with Crippen LogP contribution in [0.15, 0.2) is 60.7 Å². The van der Waals surface area contributed by atoms with Crippen molar-refractivity contribution in [3.63, 3.8) is 0 Å². The fourth-order valence-corrected chi connectivity index (χ4v) is 2.34. The maximum atomic E-state index is 12.4. The topological polar surface area (TPSA) is 41.1 Å². The van der Waals surface area contributed by atoms with Gasteiger partial charge in [0.2, 0.25) is 5.91 Å². The molecule has 2 aromatic carbocycles. The van der Waals surface area contributed by atoms with Crippen LogP contribution in [0.2, 0.25) is 0 Å². The third kappa shape index (κ3) is 3.92. The molecule has 0 spiro atoms. The van der Waals surface area contributed by atoms with Crippen molar-refractivity contribution in [1.29, 1.82) is 0 Å². The molecule has 0 radical (unpaired) electrons. The zero-order valence-electron chi connectivity index (χ0n) is 12.0. The van der Waals surface area contributed by atoms with E-state index >= 15 is 0 Å². The van der Waals surface area contributed by atoms with Crippen molar-refractivity contribution in [3.05, 3.63) is 71.8 Å². The van der Waals surface area contributed by atoms with Crippen LogP contribution in [0.1, 0.15) is 30.0 Å². The number of carbonyl (C=O) groups is 1. The molecule has 3 nitrogen and oxygen atoms in total. The van der Waals surface area contributed by atoms with Gasteiger partial charge in [0, 0.05) is 12.6 Å². The first kappa shape index (κ1) is 13.8. The van der Waals surface area contributed by atoms with Crippen LogP contribution in [0.4, 0.5) is 0 Å². The Balaban J connectivity index is 1.70. The largest absolute Gasteiger partial charge is 0.352 e. The number of rotatable bonds is 6. The van der Waals surface area contributed by atoms with E-state index < -0.39 is 0 Å². The van der Waals surface area contributed by atoms with E-state index in [1.807, 2.05) is 48.5 Å². The first-order chi connectivity index (χ1) is 10.3. The van der Waals surface area contributed by atoms with Gasteiger partial charge in [0.25, 0.3) is 0 Å². The lowest BCUT2D eigenvalue weighted by atomic mass is 10.1. The summed E-state index contributed by atoms with van der Waals surface area (Å²) in [6.45, 7) is 0.679. The normalized spacial score (nSPS) is 15.4. The van der Waals surface area contributed by atoms with Gasteiger partial charge < -0.3 is 5.32 Å². The zero-order valence-corrected chi connectivity index (χ0v) is 12.0. The molecule has 3 rings (SSSR count). The molecular weight excluding hydrogens is 260 g/mol. The number of hydrogen-bond acceptors (Lipinski definition) is 2. The molecule has 3 heteroatoms. The molecule has 0 heterocycles. The van der Waals surface area contributed by atoms with Gasteiger partial charge in [-0.05, 0) is 24.0 Å². The van der Waals surface area contributed by atoms with Gasteiger partial charge in [-0.25, -0.2) is 0 Å². The Morgan fingerprint density at radius 2 is 1.62 bits per heavy atom. The lowest BCUT2D eigenvalue weighted by Gasteiger charge is -2.19. The minimum atomic E-state index is -0.299. The molecule has 1 aliphatic carbocycles. The van der Waals surface area contributed by atoms with Gasteiger partial charge in [0.1, 0.15) is 6.04 Å². The van der Waals surface area contributed by atoms with Crippen LogP contribution >= 0.6 is 0 Å². The predicted molar refractivity (Wildman–Crippen MR) is 83.6 cm³/mol. The molecule has 0 bridgehead atoms. The molecule has 108 valence electrons. The van der Waals surface area contributed by atoms with E-state index in [9.17, 15) is 4.79 Å². The smallest absolute Gasteiger partial charge is 0.241 e. The van der Waals surface area contributed by atoms with Crippen LogP contribution in [0, 0.1) is 0 Å². The number of amides is 1. The Bertz CT molecular complexity index is 579. The van der Waals surface area contributed by atoms with E-state index in [-0.39, 0.29) is 11.9 Å². The lowest BCUT2D eigenvalue weighted by Crippen LogP contribution is -2.38. The molecule has 1 fully saturated rings. The summed E-state index contributed by atoms with van der Waals surface area (Å²) in [7, 11) is 0. The molecule has 1 atom stereocenters. The van der Waals surface area contributed by atoms with E-state index in [0.29, 0.717) is 12.6 Å². The van der Waals surface area contributed by atoms with Gasteiger partial charge in [0.15, 0.2) is 0 Å². The molecule has 2 aromatic rings. The van der Waals surface area contributed by atoms with Gasteiger partial charge in [-0.15, -0.1) is 0 Å². The van der Waals surface area contributed by atoms with Crippen molar-refractivity contribution in [2.45, 2.75) is 31.5 Å². The average Bonchev–Trinajstić information content (AvgIpc) is 3.33. The van der Waals surface area contributed by atoms with Crippen molar-refractivity contribution < 1.29 is 4.79 Å². The molecule has 1 amide bonds. The second kappa shape index (κ2) is 6.55. The third-order valence-electron chi connectivity index (χ3n) is 3.67. The van der Waals surface area contributed by atoms with Gasteiger partial charge in [-0.2, -0.15) is 0 Å². The molecule has 0 unspecified atom stereocenters. The summed E-state index contributed by atoms with van der Waals surface area (Å²) in [5.74, 6) is 0.0691.